The first-order valence-corrected chi connectivity index (χ1v) is 11.6. The van der Waals surface area contributed by atoms with Crippen LogP contribution in [0.1, 0.15) is 29.0 Å². The molecule has 164 valence electrons. The molecule has 1 aliphatic rings. The zero-order chi connectivity index (χ0) is 22.7. The maximum atomic E-state index is 5.15. The molecule has 2 N–H and O–H groups in total. The van der Waals surface area contributed by atoms with Crippen LogP contribution in [0.5, 0.6) is 0 Å². The number of hydrogen-bond donors (Lipinski definition) is 2. The van der Waals surface area contributed by atoms with Crippen LogP contribution in [-0.4, -0.2) is 5.84 Å². The Morgan fingerprint density at radius 1 is 0.500 bits per heavy atom. The molecule has 0 saturated carbocycles. The van der Waals surface area contributed by atoms with Crippen molar-refractivity contribution in [2.75, 3.05) is 0 Å². The van der Waals surface area contributed by atoms with Crippen LogP contribution in [0.15, 0.2) is 132 Å². The van der Waals surface area contributed by atoms with Crippen LogP contribution in [0.25, 0.3) is 21.9 Å². The average molecular weight is 440 g/mol. The van der Waals surface area contributed by atoms with Gasteiger partial charge in [0.25, 0.3) is 0 Å². The third-order valence-corrected chi connectivity index (χ3v) is 6.38. The van der Waals surface area contributed by atoms with Crippen LogP contribution in [-0.2, 0) is 0 Å². The van der Waals surface area contributed by atoms with Gasteiger partial charge in [0.15, 0.2) is 0 Å². The first kappa shape index (κ1) is 20.4. The Morgan fingerprint density at radius 2 is 1.03 bits per heavy atom. The lowest BCUT2D eigenvalue weighted by atomic mass is 9.94. The standard InChI is InChI=1S/C31H25N3/c1-4-12-22(13-5-1)25-20-21-28(27-19-11-10-18-26(25)27)31-33-29(23-14-6-2-7-15-23)32-30(34-31)24-16-8-3-9-17-24/h1-21,29-30,32H,(H,33,34). The highest BCUT2D eigenvalue weighted by Crippen LogP contribution is 2.33. The molecule has 0 aromatic heterocycles. The van der Waals surface area contributed by atoms with Crippen LogP contribution in [0.4, 0.5) is 0 Å². The number of rotatable bonds is 4. The molecule has 5 aromatic carbocycles. The van der Waals surface area contributed by atoms with E-state index in [0.29, 0.717) is 0 Å². The highest BCUT2D eigenvalue weighted by molar-refractivity contribution is 6.13. The van der Waals surface area contributed by atoms with E-state index in [0.717, 1.165) is 17.0 Å². The number of amidine groups is 1. The second-order valence-electron chi connectivity index (χ2n) is 8.52. The predicted molar refractivity (Wildman–Crippen MR) is 141 cm³/mol. The molecule has 5 aromatic rings. The maximum Gasteiger partial charge on any atom is 0.132 e. The molecule has 1 heterocycles. The first-order valence-electron chi connectivity index (χ1n) is 11.6. The number of aliphatic imine (C=N–C) groups is 1. The first-order chi connectivity index (χ1) is 16.9. The SMILES string of the molecule is c1ccc(-c2ccc(C3=NC(c4ccccc4)NC(c4ccccc4)N3)c3ccccc23)cc1. The molecule has 0 spiro atoms. The highest BCUT2D eigenvalue weighted by atomic mass is 15.3. The van der Waals surface area contributed by atoms with E-state index in [4.69, 9.17) is 4.99 Å². The van der Waals surface area contributed by atoms with Gasteiger partial charge in [0.1, 0.15) is 18.2 Å². The van der Waals surface area contributed by atoms with Crippen molar-refractivity contribution in [2.24, 2.45) is 4.99 Å². The summed E-state index contributed by atoms with van der Waals surface area (Å²) in [5, 5.41) is 9.76. The largest absolute Gasteiger partial charge is 0.350 e. The highest BCUT2D eigenvalue weighted by Gasteiger charge is 2.26. The van der Waals surface area contributed by atoms with Crippen molar-refractivity contribution < 1.29 is 0 Å². The van der Waals surface area contributed by atoms with Crippen molar-refractivity contribution in [1.29, 1.82) is 0 Å². The van der Waals surface area contributed by atoms with E-state index in [1.807, 2.05) is 12.1 Å². The summed E-state index contributed by atoms with van der Waals surface area (Å²) in [6.45, 7) is 0. The lowest BCUT2D eigenvalue weighted by molar-refractivity contribution is 0.409. The van der Waals surface area contributed by atoms with Gasteiger partial charge in [-0.15, -0.1) is 0 Å². The van der Waals surface area contributed by atoms with E-state index in [1.165, 1.54) is 27.5 Å². The lowest BCUT2D eigenvalue weighted by Crippen LogP contribution is -2.45. The van der Waals surface area contributed by atoms with E-state index < -0.39 is 0 Å². The van der Waals surface area contributed by atoms with Gasteiger partial charge in [-0.1, -0.05) is 127 Å². The molecule has 2 unspecified atom stereocenters. The van der Waals surface area contributed by atoms with Crippen LogP contribution in [0, 0.1) is 0 Å². The Bertz CT molecular complexity index is 1440. The molecule has 2 atom stereocenters. The molecule has 34 heavy (non-hydrogen) atoms. The van der Waals surface area contributed by atoms with E-state index >= 15 is 0 Å². The van der Waals surface area contributed by atoms with Gasteiger partial charge < -0.3 is 5.32 Å². The van der Waals surface area contributed by atoms with E-state index in [9.17, 15) is 0 Å². The third kappa shape index (κ3) is 3.87. The van der Waals surface area contributed by atoms with Crippen molar-refractivity contribution in [1.82, 2.24) is 10.6 Å². The minimum Gasteiger partial charge on any atom is -0.350 e. The molecule has 0 amide bonds. The summed E-state index contributed by atoms with van der Waals surface area (Å²) < 4.78 is 0. The van der Waals surface area contributed by atoms with Gasteiger partial charge in [0.2, 0.25) is 0 Å². The number of nitrogens with zero attached hydrogens (tertiary/aromatic N) is 1. The molecule has 0 saturated heterocycles. The fourth-order valence-corrected chi connectivity index (χ4v) is 4.69. The maximum absolute atomic E-state index is 5.15. The van der Waals surface area contributed by atoms with Crippen LogP contribution >= 0.6 is 0 Å². The van der Waals surface area contributed by atoms with Gasteiger partial charge in [-0.3, -0.25) is 5.32 Å². The van der Waals surface area contributed by atoms with Crippen molar-refractivity contribution >= 4 is 16.6 Å². The summed E-state index contributed by atoms with van der Waals surface area (Å²) in [4.78, 5) is 5.15. The third-order valence-electron chi connectivity index (χ3n) is 6.38. The summed E-state index contributed by atoms with van der Waals surface area (Å²) in [6.07, 6.45) is -0.193. The molecular formula is C31H25N3. The molecular weight excluding hydrogens is 414 g/mol. The van der Waals surface area contributed by atoms with Crippen molar-refractivity contribution in [3.63, 3.8) is 0 Å². The summed E-state index contributed by atoms with van der Waals surface area (Å²) >= 11 is 0. The minimum absolute atomic E-state index is 0.0496. The molecule has 0 aliphatic carbocycles. The number of benzene rings is 5. The van der Waals surface area contributed by atoms with E-state index in [2.05, 4.69) is 126 Å². The van der Waals surface area contributed by atoms with Gasteiger partial charge in [0, 0.05) is 5.56 Å². The summed E-state index contributed by atoms with van der Waals surface area (Å²) in [5.41, 5.74) is 5.89. The quantitative estimate of drug-likeness (QED) is 0.321. The number of fused-ring (bicyclic) bond motifs is 1. The average Bonchev–Trinajstić information content (AvgIpc) is 2.93. The van der Waals surface area contributed by atoms with Crippen LogP contribution < -0.4 is 10.6 Å². The monoisotopic (exact) mass is 439 g/mol. The van der Waals surface area contributed by atoms with E-state index in [-0.39, 0.29) is 12.3 Å². The molecule has 0 bridgehead atoms. The Hall–Kier alpha value is -4.21. The van der Waals surface area contributed by atoms with Crippen LogP contribution in [0.2, 0.25) is 0 Å². The summed E-state index contributed by atoms with van der Waals surface area (Å²) in [6, 6.07) is 44.5. The Balaban J connectivity index is 1.49. The van der Waals surface area contributed by atoms with Crippen molar-refractivity contribution in [2.45, 2.75) is 12.3 Å². The Morgan fingerprint density at radius 3 is 1.71 bits per heavy atom. The van der Waals surface area contributed by atoms with Crippen LogP contribution in [0.3, 0.4) is 0 Å². The fourth-order valence-electron chi connectivity index (χ4n) is 4.69. The molecule has 3 nitrogen and oxygen atoms in total. The van der Waals surface area contributed by atoms with Gasteiger partial charge in [-0.2, -0.15) is 0 Å². The molecule has 0 fully saturated rings. The number of nitrogens with one attached hydrogen (secondary N) is 2. The lowest BCUT2D eigenvalue weighted by Gasteiger charge is -2.32. The zero-order valence-corrected chi connectivity index (χ0v) is 18.7. The number of hydrogen-bond acceptors (Lipinski definition) is 3. The summed E-state index contributed by atoms with van der Waals surface area (Å²) in [5.74, 6) is 0.900. The summed E-state index contributed by atoms with van der Waals surface area (Å²) in [7, 11) is 0. The molecule has 1 aliphatic heterocycles. The van der Waals surface area contributed by atoms with Crippen molar-refractivity contribution in [3.8, 4) is 11.1 Å². The second kappa shape index (κ2) is 8.97. The smallest absolute Gasteiger partial charge is 0.132 e. The Kier molecular flexibility index (Phi) is 5.38. The van der Waals surface area contributed by atoms with Gasteiger partial charge in [-0.25, -0.2) is 4.99 Å². The van der Waals surface area contributed by atoms with E-state index in [1.54, 1.807) is 0 Å². The normalized spacial score (nSPS) is 17.7. The molecule has 3 heteroatoms. The molecule has 0 radical (unpaired) electrons. The van der Waals surface area contributed by atoms with Gasteiger partial charge in [0.05, 0.1) is 0 Å². The topological polar surface area (TPSA) is 36.4 Å². The Labute approximate surface area is 199 Å². The van der Waals surface area contributed by atoms with Gasteiger partial charge in [-0.05, 0) is 33.0 Å². The predicted octanol–water partition coefficient (Wildman–Crippen LogP) is 6.84. The van der Waals surface area contributed by atoms with Crippen molar-refractivity contribution in [3.05, 3.63) is 144 Å². The zero-order valence-electron chi connectivity index (χ0n) is 18.7. The molecule has 6 rings (SSSR count). The second-order valence-corrected chi connectivity index (χ2v) is 8.52. The van der Waals surface area contributed by atoms with Gasteiger partial charge >= 0.3 is 0 Å². The fraction of sp³-hybridized carbons (Fsp3) is 0.0645. The minimum atomic E-state index is -0.143.